The van der Waals surface area contributed by atoms with Crippen LogP contribution in [-0.2, 0) is 0 Å². The zero-order valence-corrected chi connectivity index (χ0v) is 26.8. The predicted molar refractivity (Wildman–Crippen MR) is 169 cm³/mol. The minimum Gasteiger partial charge on any atom is -0.0530 e. The molecule has 12 rings (SSSR count). The predicted octanol–water partition coefficient (Wildman–Crippen LogP) is 10.5. The number of hydrogen-bond acceptors (Lipinski definition) is 0. The van der Waals surface area contributed by atoms with Gasteiger partial charge in [-0.05, 0) is 214 Å². The van der Waals surface area contributed by atoms with Crippen molar-refractivity contribution < 1.29 is 0 Å². The molecule has 0 heteroatoms. The van der Waals surface area contributed by atoms with E-state index >= 15 is 0 Å². The maximum atomic E-state index is 1.77. The monoisotopic (exact) mass is 566 g/mol. The summed E-state index contributed by atoms with van der Waals surface area (Å²) in [4.78, 5) is 0. The largest absolute Gasteiger partial charge is 0.0530 e. The Bertz CT molecular complexity index is 1110. The van der Waals surface area contributed by atoms with Gasteiger partial charge in [-0.3, -0.25) is 0 Å². The van der Waals surface area contributed by atoms with Gasteiger partial charge in [0.25, 0.3) is 0 Å². The molecule has 12 fully saturated rings. The molecule has 0 spiro atoms. The Balaban J connectivity index is 1.05. The highest BCUT2D eigenvalue weighted by Crippen LogP contribution is 2.80. The van der Waals surface area contributed by atoms with Crippen LogP contribution in [0.2, 0.25) is 0 Å². The third-order valence-electron chi connectivity index (χ3n) is 20.3. The molecule has 0 aliphatic heterocycles. The van der Waals surface area contributed by atoms with Gasteiger partial charge >= 0.3 is 0 Å². The van der Waals surface area contributed by atoms with E-state index in [9.17, 15) is 0 Å². The van der Waals surface area contributed by atoms with E-state index in [2.05, 4.69) is 0 Å². The maximum absolute atomic E-state index is 1.77. The zero-order chi connectivity index (χ0) is 26.8. The summed E-state index contributed by atoms with van der Waals surface area (Å²) in [5.74, 6) is 26.2. The summed E-state index contributed by atoms with van der Waals surface area (Å²) in [5, 5.41) is 0. The van der Waals surface area contributed by atoms with E-state index in [1.807, 2.05) is 0 Å². The number of rotatable bonds is 0. The van der Waals surface area contributed by atoms with Crippen LogP contribution in [0.1, 0.15) is 128 Å². The lowest BCUT2D eigenvalue weighted by molar-refractivity contribution is -0.307. The van der Waals surface area contributed by atoms with Gasteiger partial charge in [-0.1, -0.05) is 44.9 Å². The second kappa shape index (κ2) is 8.87. The molecule has 0 nitrogen and oxygen atoms in total. The molecule has 0 amide bonds. The highest BCUT2D eigenvalue weighted by molar-refractivity contribution is 5.22. The molecule has 0 saturated heterocycles. The fourth-order valence-electron chi connectivity index (χ4n) is 20.5. The second-order valence-electron chi connectivity index (χ2n) is 20.1. The Hall–Kier alpha value is 0. The van der Waals surface area contributed by atoms with Crippen LogP contribution in [0.4, 0.5) is 0 Å². The molecule has 0 aromatic carbocycles. The first-order valence-corrected chi connectivity index (χ1v) is 20.9. The molecule has 0 heterocycles. The van der Waals surface area contributed by atoms with E-state index in [1.165, 1.54) is 130 Å². The Morgan fingerprint density at radius 1 is 0.167 bits per heavy atom. The summed E-state index contributed by atoms with van der Waals surface area (Å²) < 4.78 is 0. The molecule has 0 aromatic rings. The van der Waals surface area contributed by atoms with E-state index in [1.54, 1.807) is 128 Å². The minimum atomic E-state index is 1.17. The van der Waals surface area contributed by atoms with E-state index in [0.717, 1.165) is 0 Å². The first-order valence-electron chi connectivity index (χ1n) is 20.9. The Labute approximate surface area is 258 Å². The second-order valence-corrected chi connectivity index (χ2v) is 20.1. The van der Waals surface area contributed by atoms with Crippen molar-refractivity contribution in [3.05, 3.63) is 0 Å². The molecule has 42 heavy (non-hydrogen) atoms. The van der Waals surface area contributed by atoms with Crippen molar-refractivity contribution in [2.45, 2.75) is 128 Å². The third kappa shape index (κ3) is 2.89. The number of fused-ring (bicyclic) bond motifs is 9. The van der Waals surface area contributed by atoms with Crippen molar-refractivity contribution >= 4 is 0 Å². The van der Waals surface area contributed by atoms with Gasteiger partial charge < -0.3 is 0 Å². The molecule has 0 aromatic heterocycles. The van der Waals surface area contributed by atoms with Crippen LogP contribution >= 0.6 is 0 Å². The summed E-state index contributed by atoms with van der Waals surface area (Å²) in [6.07, 6.45) is 33.1. The van der Waals surface area contributed by atoms with Gasteiger partial charge in [0.15, 0.2) is 0 Å². The van der Waals surface area contributed by atoms with Gasteiger partial charge in [-0.25, -0.2) is 0 Å². The van der Waals surface area contributed by atoms with Crippen molar-refractivity contribution in [3.63, 3.8) is 0 Å². The molecule has 12 saturated carbocycles. The van der Waals surface area contributed by atoms with Gasteiger partial charge in [-0.15, -0.1) is 0 Å². The highest BCUT2D eigenvalue weighted by Gasteiger charge is 2.74. The van der Waals surface area contributed by atoms with E-state index in [0.29, 0.717) is 0 Å². The van der Waals surface area contributed by atoms with Crippen molar-refractivity contribution in [2.24, 2.45) is 130 Å². The standard InChI is InChI=1S/C42H62/c1-2-9-22-21(8-1)25-13-6-17-30-34-20-33-24-11-4-3-10-23(24)26-12-5-14-27-28-15-7-16-29-32-19-18-31(22)38(36(25)30)39(32)41(34)42(37(28)29)40(33)35(26)27/h21-42H,1-20H2. The fourth-order valence-corrected chi connectivity index (χ4v) is 20.5. The summed E-state index contributed by atoms with van der Waals surface area (Å²) in [5.41, 5.74) is 0. The van der Waals surface area contributed by atoms with Crippen LogP contribution in [-0.4, -0.2) is 0 Å². The van der Waals surface area contributed by atoms with Crippen LogP contribution in [0.25, 0.3) is 0 Å². The smallest absolute Gasteiger partial charge is 0.0312 e. The average Bonchev–Trinajstić information content (AvgIpc) is 3.06. The Morgan fingerprint density at radius 3 is 0.952 bits per heavy atom. The lowest BCUT2D eigenvalue weighted by Crippen LogP contribution is -2.73. The molecular formula is C42H62. The van der Waals surface area contributed by atoms with E-state index in [-0.39, 0.29) is 0 Å². The first kappa shape index (κ1) is 25.1. The average molecular weight is 567 g/mol. The normalized spacial score (nSPS) is 68.0. The summed E-state index contributed by atoms with van der Waals surface area (Å²) in [7, 11) is 0. The Kier molecular flexibility index (Phi) is 5.31. The van der Waals surface area contributed by atoms with Gasteiger partial charge in [0, 0.05) is 0 Å². The fraction of sp³-hybridized carbons (Fsp3) is 1.00. The summed E-state index contributed by atoms with van der Waals surface area (Å²) >= 11 is 0. The molecule has 0 bridgehead atoms. The van der Waals surface area contributed by atoms with Gasteiger partial charge in [0.05, 0.1) is 0 Å². The molecule has 22 atom stereocenters. The first-order chi connectivity index (χ1) is 20.9. The Morgan fingerprint density at radius 2 is 0.429 bits per heavy atom. The quantitative estimate of drug-likeness (QED) is 0.273. The van der Waals surface area contributed by atoms with E-state index in [4.69, 9.17) is 0 Å². The summed E-state index contributed by atoms with van der Waals surface area (Å²) in [6, 6.07) is 0. The molecule has 230 valence electrons. The van der Waals surface area contributed by atoms with Crippen LogP contribution in [0.5, 0.6) is 0 Å². The molecule has 12 aliphatic rings. The SMILES string of the molecule is C1CCC2C(C1)C1CCCC3C4CC5C6CCCCC6C6CCCC7C8CCCC9C%10CCC2C(C13)C%10C4C(C89)C5C67. The van der Waals surface area contributed by atoms with Gasteiger partial charge in [0.2, 0.25) is 0 Å². The van der Waals surface area contributed by atoms with Gasteiger partial charge in [-0.2, -0.15) is 0 Å². The maximum Gasteiger partial charge on any atom is -0.0312 e. The summed E-state index contributed by atoms with van der Waals surface area (Å²) in [6.45, 7) is 0. The molecule has 0 radical (unpaired) electrons. The van der Waals surface area contributed by atoms with Crippen molar-refractivity contribution in [1.29, 1.82) is 0 Å². The van der Waals surface area contributed by atoms with Crippen molar-refractivity contribution in [3.8, 4) is 0 Å². The van der Waals surface area contributed by atoms with Gasteiger partial charge in [0.1, 0.15) is 0 Å². The lowest BCUT2D eigenvalue weighted by Gasteiger charge is -2.78. The van der Waals surface area contributed by atoms with Crippen LogP contribution < -0.4 is 0 Å². The van der Waals surface area contributed by atoms with E-state index < -0.39 is 0 Å². The van der Waals surface area contributed by atoms with Crippen LogP contribution in [0.3, 0.4) is 0 Å². The van der Waals surface area contributed by atoms with Crippen LogP contribution in [0, 0.1) is 130 Å². The van der Waals surface area contributed by atoms with Crippen molar-refractivity contribution in [1.82, 2.24) is 0 Å². The topological polar surface area (TPSA) is 0 Å². The lowest BCUT2D eigenvalue weighted by atomic mass is 9.26. The molecule has 12 aliphatic carbocycles. The van der Waals surface area contributed by atoms with Crippen molar-refractivity contribution in [2.75, 3.05) is 0 Å². The third-order valence-corrected chi connectivity index (χ3v) is 20.3. The van der Waals surface area contributed by atoms with Crippen LogP contribution in [0.15, 0.2) is 0 Å². The highest BCUT2D eigenvalue weighted by atomic mass is 14.8. The molecular weight excluding hydrogens is 504 g/mol. The molecule has 0 N–H and O–H groups in total. The number of hydrogen-bond donors (Lipinski definition) is 0. The zero-order valence-electron chi connectivity index (χ0n) is 26.8. The molecule has 22 unspecified atom stereocenters. The minimum absolute atomic E-state index is 1.17.